The zero-order chi connectivity index (χ0) is 14.5. The van der Waals surface area contributed by atoms with Crippen molar-refractivity contribution in [1.82, 2.24) is 24.7 Å². The number of hydrogen-bond acceptors (Lipinski definition) is 5. The van der Waals surface area contributed by atoms with E-state index in [1.165, 1.54) is 56.7 Å². The van der Waals surface area contributed by atoms with Crippen molar-refractivity contribution in [2.24, 2.45) is 0 Å². The van der Waals surface area contributed by atoms with E-state index in [0.29, 0.717) is 0 Å². The summed E-state index contributed by atoms with van der Waals surface area (Å²) in [5.74, 6) is 1.00. The van der Waals surface area contributed by atoms with E-state index in [1.807, 2.05) is 4.52 Å². The Morgan fingerprint density at radius 3 is 2.62 bits per heavy atom. The number of aryl methyl sites for hydroxylation is 2. The summed E-state index contributed by atoms with van der Waals surface area (Å²) in [5, 5.41) is 14.3. The highest BCUT2D eigenvalue weighted by Gasteiger charge is 2.12. The predicted octanol–water partition coefficient (Wildman–Crippen LogP) is 2.95. The number of likely N-dealkylation sites (tertiary alicyclic amines) is 1. The van der Waals surface area contributed by atoms with Crippen molar-refractivity contribution in [3.05, 3.63) is 10.8 Å². The Bertz CT molecular complexity index is 553. The third-order valence-electron chi connectivity index (χ3n) is 4.13. The summed E-state index contributed by atoms with van der Waals surface area (Å²) >= 11 is 1.69. The lowest BCUT2D eigenvalue weighted by Gasteiger charge is -2.18. The standard InChI is InChI=1S/C15H25N5S/c1-2-8-13-16-17-15-20(13)18-14(21-15)9-7-12-19-10-5-3-4-6-11-19/h2-12H2,1H3. The molecule has 3 heterocycles. The Morgan fingerprint density at radius 2 is 1.86 bits per heavy atom. The molecule has 1 aliphatic rings. The molecule has 5 nitrogen and oxygen atoms in total. The molecule has 1 saturated heterocycles. The average molecular weight is 307 g/mol. The van der Waals surface area contributed by atoms with Gasteiger partial charge in [0.25, 0.3) is 0 Å². The van der Waals surface area contributed by atoms with Gasteiger partial charge in [0.2, 0.25) is 4.96 Å². The summed E-state index contributed by atoms with van der Waals surface area (Å²) in [4.78, 5) is 3.57. The van der Waals surface area contributed by atoms with Crippen LogP contribution < -0.4 is 0 Å². The van der Waals surface area contributed by atoms with E-state index >= 15 is 0 Å². The van der Waals surface area contributed by atoms with Crippen molar-refractivity contribution in [3.63, 3.8) is 0 Å². The second-order valence-corrected chi connectivity index (χ2v) is 6.96. The summed E-state index contributed by atoms with van der Waals surface area (Å²) < 4.78 is 1.94. The van der Waals surface area contributed by atoms with Crippen LogP contribution in [0.1, 0.15) is 56.3 Å². The Hall–Kier alpha value is -1.01. The maximum absolute atomic E-state index is 4.68. The molecule has 2 aromatic rings. The summed E-state index contributed by atoms with van der Waals surface area (Å²) in [7, 11) is 0. The van der Waals surface area contributed by atoms with Crippen molar-refractivity contribution in [1.29, 1.82) is 0 Å². The quantitative estimate of drug-likeness (QED) is 0.823. The summed E-state index contributed by atoms with van der Waals surface area (Å²) in [6.07, 6.45) is 9.87. The van der Waals surface area contributed by atoms with E-state index in [4.69, 9.17) is 0 Å². The van der Waals surface area contributed by atoms with Gasteiger partial charge in [0.05, 0.1) is 0 Å². The highest BCUT2D eigenvalue weighted by Crippen LogP contribution is 2.17. The van der Waals surface area contributed by atoms with Crippen LogP contribution in [0.4, 0.5) is 0 Å². The molecular weight excluding hydrogens is 282 g/mol. The molecule has 1 fully saturated rings. The smallest absolute Gasteiger partial charge is 0.234 e. The molecule has 0 saturated carbocycles. The lowest BCUT2D eigenvalue weighted by Crippen LogP contribution is -2.26. The second-order valence-electron chi connectivity index (χ2n) is 5.92. The highest BCUT2D eigenvalue weighted by atomic mass is 32.1. The fourth-order valence-electron chi connectivity index (χ4n) is 2.99. The van der Waals surface area contributed by atoms with Crippen LogP contribution in [-0.4, -0.2) is 44.3 Å². The monoisotopic (exact) mass is 307 g/mol. The number of fused-ring (bicyclic) bond motifs is 1. The first-order valence-corrected chi connectivity index (χ1v) is 9.11. The van der Waals surface area contributed by atoms with Crippen LogP contribution in [0.3, 0.4) is 0 Å². The minimum absolute atomic E-state index is 0.947. The van der Waals surface area contributed by atoms with E-state index in [1.54, 1.807) is 11.3 Å². The molecular formula is C15H25N5S. The fraction of sp³-hybridized carbons (Fsp3) is 0.800. The fourth-order valence-corrected chi connectivity index (χ4v) is 3.89. The molecule has 0 unspecified atom stereocenters. The molecule has 0 aromatic carbocycles. The Labute approximate surface area is 130 Å². The zero-order valence-electron chi connectivity index (χ0n) is 12.9. The van der Waals surface area contributed by atoms with Gasteiger partial charge in [-0.3, -0.25) is 0 Å². The second kappa shape index (κ2) is 7.31. The SMILES string of the molecule is CCCc1nnc2sc(CCCN3CCCCCC3)nn12. The molecule has 3 rings (SSSR count). The normalized spacial score (nSPS) is 17.4. The van der Waals surface area contributed by atoms with Gasteiger partial charge in [-0.15, -0.1) is 10.2 Å². The maximum atomic E-state index is 4.68. The van der Waals surface area contributed by atoms with Crippen LogP contribution in [0.15, 0.2) is 0 Å². The average Bonchev–Trinajstić information content (AvgIpc) is 2.92. The molecule has 2 aromatic heterocycles. The van der Waals surface area contributed by atoms with E-state index in [-0.39, 0.29) is 0 Å². The van der Waals surface area contributed by atoms with Crippen molar-refractivity contribution >= 4 is 16.3 Å². The van der Waals surface area contributed by atoms with Gasteiger partial charge >= 0.3 is 0 Å². The van der Waals surface area contributed by atoms with Crippen LogP contribution in [-0.2, 0) is 12.8 Å². The molecule has 1 aliphatic heterocycles. The van der Waals surface area contributed by atoms with Crippen LogP contribution in [0.2, 0.25) is 0 Å². The molecule has 0 N–H and O–H groups in total. The number of aromatic nitrogens is 4. The van der Waals surface area contributed by atoms with Gasteiger partial charge < -0.3 is 4.90 Å². The van der Waals surface area contributed by atoms with Gasteiger partial charge in [0.15, 0.2) is 5.82 Å². The largest absolute Gasteiger partial charge is 0.303 e. The van der Waals surface area contributed by atoms with Crippen molar-refractivity contribution < 1.29 is 0 Å². The molecule has 6 heteroatoms. The third kappa shape index (κ3) is 3.80. The van der Waals surface area contributed by atoms with Crippen molar-refractivity contribution in [2.75, 3.05) is 19.6 Å². The molecule has 116 valence electrons. The van der Waals surface area contributed by atoms with E-state index in [0.717, 1.165) is 30.0 Å². The highest BCUT2D eigenvalue weighted by molar-refractivity contribution is 7.16. The van der Waals surface area contributed by atoms with Crippen LogP contribution in [0, 0.1) is 0 Å². The van der Waals surface area contributed by atoms with Crippen LogP contribution in [0.25, 0.3) is 4.96 Å². The van der Waals surface area contributed by atoms with Crippen LogP contribution in [0.5, 0.6) is 0 Å². The molecule has 21 heavy (non-hydrogen) atoms. The Kier molecular flexibility index (Phi) is 5.19. The first-order chi connectivity index (χ1) is 10.4. The molecule has 0 amide bonds. The van der Waals surface area contributed by atoms with E-state index < -0.39 is 0 Å². The van der Waals surface area contributed by atoms with Gasteiger partial charge in [-0.05, 0) is 45.3 Å². The first-order valence-electron chi connectivity index (χ1n) is 8.29. The lowest BCUT2D eigenvalue weighted by atomic mass is 10.2. The number of rotatable bonds is 6. The Morgan fingerprint density at radius 1 is 1.05 bits per heavy atom. The van der Waals surface area contributed by atoms with Gasteiger partial charge in [0.1, 0.15) is 5.01 Å². The molecule has 0 radical (unpaired) electrons. The topological polar surface area (TPSA) is 46.3 Å². The summed E-state index contributed by atoms with van der Waals surface area (Å²) in [6, 6.07) is 0. The van der Waals surface area contributed by atoms with Gasteiger partial charge in [0, 0.05) is 12.8 Å². The third-order valence-corrected chi connectivity index (χ3v) is 5.09. The molecule has 0 aliphatic carbocycles. The molecule has 0 spiro atoms. The van der Waals surface area contributed by atoms with Gasteiger partial charge in [-0.2, -0.15) is 9.61 Å². The number of hydrogen-bond donors (Lipinski definition) is 0. The van der Waals surface area contributed by atoms with Crippen LogP contribution >= 0.6 is 11.3 Å². The zero-order valence-corrected chi connectivity index (χ0v) is 13.7. The predicted molar refractivity (Wildman–Crippen MR) is 85.9 cm³/mol. The molecule has 0 atom stereocenters. The number of nitrogens with zero attached hydrogens (tertiary/aromatic N) is 5. The maximum Gasteiger partial charge on any atom is 0.234 e. The minimum Gasteiger partial charge on any atom is -0.303 e. The van der Waals surface area contributed by atoms with Gasteiger partial charge in [-0.1, -0.05) is 31.1 Å². The van der Waals surface area contributed by atoms with Crippen molar-refractivity contribution in [3.8, 4) is 0 Å². The minimum atomic E-state index is 0.947. The van der Waals surface area contributed by atoms with Crippen molar-refractivity contribution in [2.45, 2.75) is 58.3 Å². The summed E-state index contributed by atoms with van der Waals surface area (Å²) in [6.45, 7) is 5.94. The van der Waals surface area contributed by atoms with E-state index in [9.17, 15) is 0 Å². The molecule has 0 bridgehead atoms. The first kappa shape index (κ1) is 14.9. The summed E-state index contributed by atoms with van der Waals surface area (Å²) in [5.41, 5.74) is 0. The van der Waals surface area contributed by atoms with Gasteiger partial charge in [-0.25, -0.2) is 0 Å². The lowest BCUT2D eigenvalue weighted by molar-refractivity contribution is 0.281. The van der Waals surface area contributed by atoms with E-state index in [2.05, 4.69) is 27.1 Å². The Balaban J connectivity index is 1.52.